The maximum atomic E-state index is 12.6. The Hall–Kier alpha value is -2.94. The number of hydrogen-bond acceptors (Lipinski definition) is 6. The third-order valence-electron chi connectivity index (χ3n) is 5.80. The van der Waals surface area contributed by atoms with Gasteiger partial charge in [-0.25, -0.2) is 8.42 Å². The fraction of sp³-hybridized carbons (Fsp3) is 0.320. The Morgan fingerprint density at radius 3 is 2.21 bits per heavy atom. The van der Waals surface area contributed by atoms with Crippen LogP contribution in [0.25, 0.3) is 0 Å². The van der Waals surface area contributed by atoms with Gasteiger partial charge in [-0.3, -0.25) is 9.69 Å². The molecule has 1 aromatic heterocycles. The normalized spacial score (nSPS) is 13.9. The van der Waals surface area contributed by atoms with Crippen LogP contribution in [0, 0.1) is 0 Å². The van der Waals surface area contributed by atoms with Gasteiger partial charge in [-0.1, -0.05) is 50.2 Å². The molecule has 33 heavy (non-hydrogen) atoms. The van der Waals surface area contributed by atoms with Crippen LogP contribution in [0.15, 0.2) is 75.0 Å². The van der Waals surface area contributed by atoms with Gasteiger partial charge in [-0.15, -0.1) is 0 Å². The van der Waals surface area contributed by atoms with Crippen LogP contribution in [-0.2, 0) is 36.3 Å². The Morgan fingerprint density at radius 1 is 1.00 bits per heavy atom. The lowest BCUT2D eigenvalue weighted by molar-refractivity contribution is 0.241. The molecule has 3 aromatic rings. The van der Waals surface area contributed by atoms with E-state index in [-0.39, 0.29) is 22.7 Å². The van der Waals surface area contributed by atoms with E-state index in [0.717, 1.165) is 18.7 Å². The lowest BCUT2D eigenvalue weighted by atomic mass is 10.1. The number of nitrogens with zero attached hydrogens (tertiary/aromatic N) is 2. The number of sulfonamides is 1. The first-order valence-corrected chi connectivity index (χ1v) is 12.5. The molecule has 1 aliphatic rings. The van der Waals surface area contributed by atoms with Crippen LogP contribution in [0.2, 0.25) is 0 Å². The first-order valence-electron chi connectivity index (χ1n) is 11.0. The maximum Gasteiger partial charge on any atom is 0.243 e. The van der Waals surface area contributed by atoms with E-state index in [1.165, 1.54) is 27.8 Å². The van der Waals surface area contributed by atoms with Gasteiger partial charge in [0.15, 0.2) is 0 Å². The predicted molar refractivity (Wildman–Crippen MR) is 125 cm³/mol. The molecule has 2 heterocycles. The second-order valence-electron chi connectivity index (χ2n) is 8.01. The maximum absolute atomic E-state index is 12.6. The monoisotopic (exact) mass is 468 g/mol. The minimum atomic E-state index is -3.50. The summed E-state index contributed by atoms with van der Waals surface area (Å²) in [6.45, 7) is 6.80. The van der Waals surface area contributed by atoms with Crippen molar-refractivity contribution in [1.29, 1.82) is 0 Å². The highest BCUT2D eigenvalue weighted by molar-refractivity contribution is 7.89. The molecule has 8 heteroatoms. The van der Waals surface area contributed by atoms with Crippen molar-refractivity contribution in [3.8, 4) is 5.75 Å². The molecule has 174 valence electrons. The van der Waals surface area contributed by atoms with Crippen molar-refractivity contribution in [2.75, 3.05) is 13.1 Å². The van der Waals surface area contributed by atoms with Gasteiger partial charge in [0, 0.05) is 32.2 Å². The highest BCUT2D eigenvalue weighted by atomic mass is 32.2. The SMILES string of the molecule is CCN(CC)S(=O)(=O)c1ccc(COc2coc(CN3Cc4ccccc4C3)cc2=O)cc1. The Bertz CT molecular complexity index is 1240. The fourth-order valence-electron chi connectivity index (χ4n) is 3.99. The predicted octanol–water partition coefficient (Wildman–Crippen LogP) is 3.77. The standard InChI is InChI=1S/C25H28N2O5S/c1-3-27(4-2)33(29,30)23-11-9-19(10-12-23)17-32-25-18-31-22(13-24(25)28)16-26-14-20-7-5-6-8-21(20)15-26/h5-13,18H,3-4,14-17H2,1-2H3. The molecule has 0 spiro atoms. The van der Waals surface area contributed by atoms with Crippen molar-refractivity contribution in [1.82, 2.24) is 9.21 Å². The smallest absolute Gasteiger partial charge is 0.243 e. The van der Waals surface area contributed by atoms with Gasteiger partial charge in [0.25, 0.3) is 0 Å². The molecule has 7 nitrogen and oxygen atoms in total. The number of fused-ring (bicyclic) bond motifs is 1. The first kappa shape index (κ1) is 23.2. The summed E-state index contributed by atoms with van der Waals surface area (Å²) in [5.41, 5.74) is 3.12. The zero-order valence-corrected chi connectivity index (χ0v) is 19.7. The second kappa shape index (κ2) is 9.91. The minimum absolute atomic E-state index is 0.128. The van der Waals surface area contributed by atoms with E-state index < -0.39 is 10.0 Å². The van der Waals surface area contributed by atoms with Gasteiger partial charge >= 0.3 is 0 Å². The molecule has 0 aliphatic carbocycles. The van der Waals surface area contributed by atoms with Crippen LogP contribution in [0.4, 0.5) is 0 Å². The van der Waals surface area contributed by atoms with E-state index in [1.807, 2.05) is 26.0 Å². The lowest BCUT2D eigenvalue weighted by Crippen LogP contribution is -2.30. The third-order valence-corrected chi connectivity index (χ3v) is 7.86. The molecule has 0 radical (unpaired) electrons. The van der Waals surface area contributed by atoms with Crippen molar-refractivity contribution < 1.29 is 17.6 Å². The summed E-state index contributed by atoms with van der Waals surface area (Å²) in [5.74, 6) is 0.717. The zero-order valence-electron chi connectivity index (χ0n) is 18.9. The summed E-state index contributed by atoms with van der Waals surface area (Å²) < 4.78 is 37.9. The molecule has 0 fully saturated rings. The topological polar surface area (TPSA) is 80.1 Å². The molecule has 0 amide bonds. The number of hydrogen-bond donors (Lipinski definition) is 0. The average Bonchev–Trinajstić information content (AvgIpc) is 3.22. The number of rotatable bonds is 9. The van der Waals surface area contributed by atoms with Gasteiger partial charge in [0.05, 0.1) is 11.4 Å². The lowest BCUT2D eigenvalue weighted by Gasteiger charge is -2.18. The molecule has 1 aliphatic heterocycles. The molecule has 0 bridgehead atoms. The van der Waals surface area contributed by atoms with Crippen LogP contribution in [0.5, 0.6) is 5.75 Å². The summed E-state index contributed by atoms with van der Waals surface area (Å²) in [4.78, 5) is 14.9. The van der Waals surface area contributed by atoms with E-state index in [4.69, 9.17) is 9.15 Å². The highest BCUT2D eigenvalue weighted by Crippen LogP contribution is 2.24. The largest absolute Gasteiger partial charge is 0.482 e. The highest BCUT2D eigenvalue weighted by Gasteiger charge is 2.21. The minimum Gasteiger partial charge on any atom is -0.482 e. The van der Waals surface area contributed by atoms with Crippen molar-refractivity contribution in [3.05, 3.63) is 93.5 Å². The first-order chi connectivity index (χ1) is 15.9. The van der Waals surface area contributed by atoms with Gasteiger partial charge in [0.1, 0.15) is 18.6 Å². The Balaban J connectivity index is 1.36. The van der Waals surface area contributed by atoms with E-state index in [0.29, 0.717) is 25.4 Å². The Morgan fingerprint density at radius 2 is 1.64 bits per heavy atom. The van der Waals surface area contributed by atoms with Crippen LogP contribution in [0.3, 0.4) is 0 Å². The molecule has 0 saturated carbocycles. The molecular formula is C25H28N2O5S. The summed E-state index contributed by atoms with van der Waals surface area (Å²) in [7, 11) is -3.50. The Labute approximate surface area is 194 Å². The van der Waals surface area contributed by atoms with Crippen LogP contribution in [0.1, 0.15) is 36.3 Å². The van der Waals surface area contributed by atoms with Gasteiger partial charge in [0.2, 0.25) is 21.2 Å². The molecule has 0 atom stereocenters. The van der Waals surface area contributed by atoms with E-state index in [1.54, 1.807) is 24.3 Å². The number of benzene rings is 2. The van der Waals surface area contributed by atoms with Gasteiger partial charge in [-0.2, -0.15) is 4.31 Å². The van der Waals surface area contributed by atoms with E-state index >= 15 is 0 Å². The molecule has 4 rings (SSSR count). The fourth-order valence-corrected chi connectivity index (χ4v) is 5.45. The van der Waals surface area contributed by atoms with Gasteiger partial charge < -0.3 is 9.15 Å². The van der Waals surface area contributed by atoms with Crippen molar-refractivity contribution in [2.45, 2.75) is 45.0 Å². The summed E-state index contributed by atoms with van der Waals surface area (Å²) in [5, 5.41) is 0. The zero-order chi connectivity index (χ0) is 23.4. The van der Waals surface area contributed by atoms with Gasteiger partial charge in [-0.05, 0) is 28.8 Å². The molecule has 2 aromatic carbocycles. The summed E-state index contributed by atoms with van der Waals surface area (Å²) in [6.07, 6.45) is 1.35. The molecule has 0 N–H and O–H groups in total. The van der Waals surface area contributed by atoms with E-state index in [2.05, 4.69) is 17.0 Å². The van der Waals surface area contributed by atoms with Crippen molar-refractivity contribution in [3.63, 3.8) is 0 Å². The summed E-state index contributed by atoms with van der Waals surface area (Å²) in [6, 6.07) is 16.3. The number of ether oxygens (including phenoxy) is 1. The quantitative estimate of drug-likeness (QED) is 0.476. The van der Waals surface area contributed by atoms with Crippen LogP contribution in [-0.4, -0.2) is 30.7 Å². The average molecular weight is 469 g/mol. The van der Waals surface area contributed by atoms with Crippen LogP contribution >= 0.6 is 0 Å². The molecule has 0 unspecified atom stereocenters. The Kier molecular flexibility index (Phi) is 6.97. The van der Waals surface area contributed by atoms with Crippen LogP contribution < -0.4 is 10.2 Å². The third kappa shape index (κ3) is 5.19. The van der Waals surface area contributed by atoms with Crippen molar-refractivity contribution in [2.24, 2.45) is 0 Å². The van der Waals surface area contributed by atoms with Crippen molar-refractivity contribution >= 4 is 10.0 Å². The van der Waals surface area contributed by atoms with E-state index in [9.17, 15) is 13.2 Å². The second-order valence-corrected chi connectivity index (χ2v) is 9.95. The molecule has 0 saturated heterocycles. The summed E-state index contributed by atoms with van der Waals surface area (Å²) >= 11 is 0. The molecular weight excluding hydrogens is 440 g/mol.